The number of sulfonamides is 1. The number of amides is 1. The minimum Gasteiger partial charge on any atom is -0.348 e. The third kappa shape index (κ3) is 6.16. The molecule has 0 aliphatic heterocycles. The molecule has 1 amide bonds. The molecule has 7 heteroatoms. The predicted octanol–water partition coefficient (Wildman–Crippen LogP) is 2.98. The molecule has 0 fully saturated rings. The molecule has 25 heavy (non-hydrogen) atoms. The Labute approximate surface area is 153 Å². The number of nitrogens with zero attached hydrogens (tertiary/aromatic N) is 1. The Kier molecular flexibility index (Phi) is 6.58. The number of nitrogens with one attached hydrogen (secondary N) is 1. The summed E-state index contributed by atoms with van der Waals surface area (Å²) in [5, 5.41) is 3.43. The van der Waals surface area contributed by atoms with Gasteiger partial charge >= 0.3 is 0 Å². The Bertz CT molecular complexity index is 808. The van der Waals surface area contributed by atoms with Gasteiger partial charge in [-0.2, -0.15) is 4.31 Å². The van der Waals surface area contributed by atoms with Crippen molar-refractivity contribution in [3.63, 3.8) is 0 Å². The number of carbonyl (C=O) groups is 1. The van der Waals surface area contributed by atoms with Crippen molar-refractivity contribution in [2.24, 2.45) is 0 Å². The van der Waals surface area contributed by atoms with Crippen LogP contribution in [-0.4, -0.2) is 31.4 Å². The molecule has 2 aromatic rings. The molecule has 0 heterocycles. The van der Waals surface area contributed by atoms with E-state index in [1.807, 2.05) is 49.4 Å². The van der Waals surface area contributed by atoms with E-state index in [9.17, 15) is 13.2 Å². The highest BCUT2D eigenvalue weighted by atomic mass is 35.5. The molecular formula is C18H21ClN2O3S. The molecule has 2 aromatic carbocycles. The van der Waals surface area contributed by atoms with E-state index in [1.54, 1.807) is 12.1 Å². The van der Waals surface area contributed by atoms with Crippen LogP contribution in [0.4, 0.5) is 0 Å². The average molecular weight is 381 g/mol. The number of benzene rings is 2. The standard InChI is InChI=1S/C18H21ClN2O3S/c1-14(16-8-10-17(19)11-9-16)20-18(22)13-21(25(2,23)24)12-15-6-4-3-5-7-15/h3-11,14H,12-13H2,1-2H3,(H,20,22)/t14-/m1/s1. The molecule has 0 aliphatic rings. The van der Waals surface area contributed by atoms with E-state index in [4.69, 9.17) is 11.6 Å². The van der Waals surface area contributed by atoms with Gasteiger partial charge in [0.1, 0.15) is 0 Å². The van der Waals surface area contributed by atoms with Crippen molar-refractivity contribution < 1.29 is 13.2 Å². The first-order valence-electron chi connectivity index (χ1n) is 7.79. The summed E-state index contributed by atoms with van der Waals surface area (Å²) in [6, 6.07) is 16.1. The number of halogens is 1. The molecule has 0 radical (unpaired) electrons. The molecule has 1 atom stereocenters. The molecule has 2 rings (SSSR count). The van der Waals surface area contributed by atoms with Crippen LogP contribution in [0.15, 0.2) is 54.6 Å². The predicted molar refractivity (Wildman–Crippen MR) is 99.7 cm³/mol. The fraction of sp³-hybridized carbons (Fsp3) is 0.278. The van der Waals surface area contributed by atoms with Gasteiger partial charge in [0.15, 0.2) is 0 Å². The summed E-state index contributed by atoms with van der Waals surface area (Å²) in [4.78, 5) is 12.3. The van der Waals surface area contributed by atoms with Gasteiger partial charge in [-0.1, -0.05) is 54.1 Å². The van der Waals surface area contributed by atoms with Crippen molar-refractivity contribution in [2.75, 3.05) is 12.8 Å². The summed E-state index contributed by atoms with van der Waals surface area (Å²) in [5.74, 6) is -0.358. The zero-order valence-corrected chi connectivity index (χ0v) is 15.7. The molecule has 0 saturated heterocycles. The second-order valence-corrected chi connectivity index (χ2v) is 8.28. The van der Waals surface area contributed by atoms with Crippen LogP contribution in [-0.2, 0) is 21.4 Å². The number of carbonyl (C=O) groups excluding carboxylic acids is 1. The normalized spacial score (nSPS) is 12.8. The van der Waals surface area contributed by atoms with Crippen molar-refractivity contribution in [3.05, 3.63) is 70.7 Å². The highest BCUT2D eigenvalue weighted by molar-refractivity contribution is 7.88. The van der Waals surface area contributed by atoms with Crippen LogP contribution < -0.4 is 5.32 Å². The Morgan fingerprint density at radius 3 is 2.28 bits per heavy atom. The lowest BCUT2D eigenvalue weighted by atomic mass is 10.1. The summed E-state index contributed by atoms with van der Waals surface area (Å²) in [6.07, 6.45) is 1.10. The van der Waals surface area contributed by atoms with Crippen molar-refractivity contribution in [2.45, 2.75) is 19.5 Å². The molecule has 0 saturated carbocycles. The molecule has 0 unspecified atom stereocenters. The van der Waals surface area contributed by atoms with Gasteiger partial charge in [0.25, 0.3) is 0 Å². The maximum Gasteiger partial charge on any atom is 0.235 e. The maximum absolute atomic E-state index is 12.3. The Hall–Kier alpha value is -1.89. The zero-order valence-electron chi connectivity index (χ0n) is 14.1. The summed E-state index contributed by atoms with van der Waals surface area (Å²) in [7, 11) is -3.51. The van der Waals surface area contributed by atoms with E-state index < -0.39 is 10.0 Å². The van der Waals surface area contributed by atoms with E-state index >= 15 is 0 Å². The Balaban J connectivity index is 2.03. The van der Waals surface area contributed by atoms with Crippen LogP contribution in [0.3, 0.4) is 0 Å². The summed E-state index contributed by atoms with van der Waals surface area (Å²) in [5.41, 5.74) is 1.72. The smallest absolute Gasteiger partial charge is 0.235 e. The average Bonchev–Trinajstić information content (AvgIpc) is 2.55. The van der Waals surface area contributed by atoms with Crippen LogP contribution in [0, 0.1) is 0 Å². The monoisotopic (exact) mass is 380 g/mol. The summed E-state index contributed by atoms with van der Waals surface area (Å²) >= 11 is 5.86. The van der Waals surface area contributed by atoms with E-state index in [0.29, 0.717) is 5.02 Å². The highest BCUT2D eigenvalue weighted by Crippen LogP contribution is 2.16. The first-order valence-corrected chi connectivity index (χ1v) is 10.0. The second-order valence-electron chi connectivity index (χ2n) is 5.86. The number of rotatable bonds is 7. The van der Waals surface area contributed by atoms with E-state index in [0.717, 1.165) is 21.7 Å². The van der Waals surface area contributed by atoms with Crippen molar-refractivity contribution in [3.8, 4) is 0 Å². The molecule has 1 N–H and O–H groups in total. The van der Waals surface area contributed by atoms with Gasteiger partial charge in [-0.15, -0.1) is 0 Å². The Morgan fingerprint density at radius 2 is 1.72 bits per heavy atom. The molecule has 0 aromatic heterocycles. The van der Waals surface area contributed by atoms with Gasteiger partial charge in [0.2, 0.25) is 15.9 Å². The molecule has 134 valence electrons. The minimum atomic E-state index is -3.51. The van der Waals surface area contributed by atoms with Crippen LogP contribution in [0.2, 0.25) is 5.02 Å². The lowest BCUT2D eigenvalue weighted by molar-refractivity contribution is -0.122. The molecule has 0 spiro atoms. The first kappa shape index (κ1) is 19.4. The number of hydrogen-bond donors (Lipinski definition) is 1. The van der Waals surface area contributed by atoms with Crippen LogP contribution in [0.25, 0.3) is 0 Å². The zero-order chi connectivity index (χ0) is 18.4. The third-order valence-electron chi connectivity index (χ3n) is 3.74. The minimum absolute atomic E-state index is 0.155. The lowest BCUT2D eigenvalue weighted by Crippen LogP contribution is -2.40. The fourth-order valence-electron chi connectivity index (χ4n) is 2.36. The Morgan fingerprint density at radius 1 is 1.12 bits per heavy atom. The van der Waals surface area contributed by atoms with E-state index in [-0.39, 0.29) is 25.0 Å². The van der Waals surface area contributed by atoms with Gasteiger partial charge in [-0.25, -0.2) is 8.42 Å². The molecule has 0 aliphatic carbocycles. The third-order valence-corrected chi connectivity index (χ3v) is 5.19. The fourth-order valence-corrected chi connectivity index (χ4v) is 3.22. The van der Waals surface area contributed by atoms with Gasteiger partial charge in [0.05, 0.1) is 18.8 Å². The SMILES string of the molecule is C[C@@H](NC(=O)CN(Cc1ccccc1)S(C)(=O)=O)c1ccc(Cl)cc1. The first-order chi connectivity index (χ1) is 11.8. The van der Waals surface area contributed by atoms with E-state index in [2.05, 4.69) is 5.32 Å². The molecule has 5 nitrogen and oxygen atoms in total. The second kappa shape index (κ2) is 8.47. The maximum atomic E-state index is 12.3. The highest BCUT2D eigenvalue weighted by Gasteiger charge is 2.21. The molecular weight excluding hydrogens is 360 g/mol. The van der Waals surface area contributed by atoms with E-state index in [1.165, 1.54) is 0 Å². The summed E-state index contributed by atoms with van der Waals surface area (Å²) < 4.78 is 25.2. The lowest BCUT2D eigenvalue weighted by Gasteiger charge is -2.21. The van der Waals surface area contributed by atoms with Gasteiger partial charge < -0.3 is 5.32 Å². The molecule has 0 bridgehead atoms. The largest absolute Gasteiger partial charge is 0.348 e. The van der Waals surface area contributed by atoms with Crippen molar-refractivity contribution in [1.82, 2.24) is 9.62 Å². The topological polar surface area (TPSA) is 66.5 Å². The summed E-state index contributed by atoms with van der Waals surface area (Å²) in [6.45, 7) is 1.76. The van der Waals surface area contributed by atoms with Gasteiger partial charge in [0, 0.05) is 11.6 Å². The van der Waals surface area contributed by atoms with Gasteiger partial charge in [-0.3, -0.25) is 4.79 Å². The quantitative estimate of drug-likeness (QED) is 0.803. The van der Waals surface area contributed by atoms with Crippen LogP contribution in [0.5, 0.6) is 0 Å². The van der Waals surface area contributed by atoms with Crippen molar-refractivity contribution in [1.29, 1.82) is 0 Å². The van der Waals surface area contributed by atoms with Gasteiger partial charge in [-0.05, 0) is 30.2 Å². The van der Waals surface area contributed by atoms with Crippen LogP contribution >= 0.6 is 11.6 Å². The van der Waals surface area contributed by atoms with Crippen LogP contribution in [0.1, 0.15) is 24.1 Å². The number of hydrogen-bond acceptors (Lipinski definition) is 3. The van der Waals surface area contributed by atoms with Crippen molar-refractivity contribution >= 4 is 27.5 Å².